The predicted octanol–water partition coefficient (Wildman–Crippen LogP) is -7.65. The number of methoxy groups -OCH3 is 1. The molecule has 6 saturated heterocycles. The molecule has 0 saturated carbocycles. The van der Waals surface area contributed by atoms with E-state index in [1.807, 2.05) is 0 Å². The fourth-order valence-electron chi connectivity index (χ4n) is 11.0. The third-order valence-corrected chi connectivity index (χ3v) is 15.5. The Bertz CT molecular complexity index is 2050. The largest absolute Gasteiger partial charge is 0.469 e. The third-order valence-electron chi connectivity index (χ3n) is 15.5. The zero-order valence-electron chi connectivity index (χ0n) is 46.1. The third kappa shape index (κ3) is 15.5. The number of unbranched alkanes of at least 4 members (excludes halogenated alkanes) is 2. The van der Waals surface area contributed by atoms with Crippen LogP contribution in [0.25, 0.3) is 0 Å². The summed E-state index contributed by atoms with van der Waals surface area (Å²) < 4.78 is 79.6. The van der Waals surface area contributed by atoms with E-state index in [1.54, 1.807) is 6.92 Å². The van der Waals surface area contributed by atoms with Crippen molar-refractivity contribution in [2.45, 2.75) is 251 Å². The lowest BCUT2D eigenvalue weighted by molar-refractivity contribution is -0.400. The Morgan fingerprint density at radius 1 is 0.366 bits per heavy atom. The number of carbonyl (C=O) groups is 7. The van der Waals surface area contributed by atoms with E-state index in [1.165, 1.54) is 41.7 Å². The minimum Gasteiger partial charge on any atom is -0.469 e. The number of carbonyl (C=O) groups excluding carboxylic acids is 7. The van der Waals surface area contributed by atoms with Crippen LogP contribution in [-0.4, -0.2) is 278 Å². The molecule has 0 aromatic rings. The van der Waals surface area contributed by atoms with Crippen LogP contribution in [0.3, 0.4) is 0 Å². The van der Waals surface area contributed by atoms with E-state index < -0.39 is 190 Å². The molecule has 0 spiro atoms. The molecule has 0 aromatic heterocycles. The maximum Gasteiger partial charge on any atom is 0.305 e. The summed E-state index contributed by atoms with van der Waals surface area (Å²) in [4.78, 5) is 82.5. The van der Waals surface area contributed by atoms with Gasteiger partial charge >= 0.3 is 5.97 Å². The molecule has 6 amide bonds. The van der Waals surface area contributed by atoms with Gasteiger partial charge in [0.25, 0.3) is 0 Å². The van der Waals surface area contributed by atoms with Crippen molar-refractivity contribution in [3.63, 3.8) is 0 Å². The van der Waals surface area contributed by atoms with Gasteiger partial charge in [-0.2, -0.15) is 0 Å². The number of hydrogen-bond donors (Lipinski definition) is 13. The molecule has 0 bridgehead atoms. The van der Waals surface area contributed by atoms with E-state index in [2.05, 4.69) is 31.9 Å². The SMILES string of the molecule is COC(=O)CCCCCO[C@H]1O[C@H](C)[C@@H](NC=O)[C@H](O)[C@@H]1O[C@H]1O[C@H](C)[C@@H](NC=O)[C@H](O)[C@@H]1O[C@H]1O[C@H](C)[C@@H](NC=O)[C@H](O)[C@@H]1O[C@H]1O[C@H](C)[C@@H](NC=O)[C@H](O)[C@@H]1O[C@H]1O[C@H](C)[C@@H](NC=O)[C@H](O)[C@@H]1O[C@H]1O[C@H](C)[C@@H](NC=O)[C@H](O)[C@@H]1O. The van der Waals surface area contributed by atoms with Crippen molar-refractivity contribution in [2.75, 3.05) is 13.7 Å². The average Bonchev–Trinajstić information content (AvgIpc) is 2.91. The van der Waals surface area contributed by atoms with E-state index >= 15 is 0 Å². The van der Waals surface area contributed by atoms with Crippen LogP contribution in [0.1, 0.15) is 67.2 Å². The Kier molecular flexibility index (Phi) is 25.3. The number of ether oxygens (including phenoxy) is 13. The average molecular weight is 1190 g/mol. The second kappa shape index (κ2) is 31.1. The van der Waals surface area contributed by atoms with Gasteiger partial charge in [-0.3, -0.25) is 33.6 Å². The standard InChI is InChI=1S/C49H80N6O27/c1-19-26(50-13-56)32(63)38(69)44(72-19)78-40-34(65)28(52-15-58)21(3)74-46(40)80-42-36(67)30(54-17-60)23(5)76-48(42)82-43-37(68)31(55-18-61)24(6)77-49(43)81-41-35(66)29(53-16-59)22(4)75-47(41)79-39-33(64)27(51-14-57)20(2)73-45(39)71-12-10-8-9-11-25(62)70-7/h13-24,26-49,63-69H,8-12H2,1-7H3,(H,50,56)(H,51,57)(H,52,58)(H,53,59)(H,54,60)(H,55,61)/t19-,20-,21-,22-,23-,24-,26-,27-,28-,29-,30-,31-,32+,33+,34+,35+,36+,37+,38+,39+,40+,41+,42+,43+,44-,45+,46-,47-,48-,49-/m1/s1. The fraction of sp³-hybridized carbons (Fsp3) is 0.857. The quantitative estimate of drug-likeness (QED) is 0.0188. The lowest BCUT2D eigenvalue weighted by Gasteiger charge is -2.51. The van der Waals surface area contributed by atoms with E-state index in [9.17, 15) is 69.3 Å². The second-order valence-corrected chi connectivity index (χ2v) is 20.8. The van der Waals surface area contributed by atoms with Crippen molar-refractivity contribution in [1.82, 2.24) is 31.9 Å². The first-order chi connectivity index (χ1) is 39.2. The van der Waals surface area contributed by atoms with E-state index in [0.717, 1.165) is 0 Å². The first-order valence-electron chi connectivity index (χ1n) is 27.0. The Hall–Kier alpha value is -4.47. The second-order valence-electron chi connectivity index (χ2n) is 20.8. The van der Waals surface area contributed by atoms with Gasteiger partial charge in [0.05, 0.1) is 80.0 Å². The number of aliphatic hydroxyl groups is 7. The molecule has 33 heteroatoms. The molecule has 6 aliphatic rings. The van der Waals surface area contributed by atoms with Crippen LogP contribution in [0.2, 0.25) is 0 Å². The van der Waals surface area contributed by atoms with Crippen molar-refractivity contribution in [3.05, 3.63) is 0 Å². The van der Waals surface area contributed by atoms with Crippen LogP contribution in [0.5, 0.6) is 0 Å². The van der Waals surface area contributed by atoms with Gasteiger partial charge in [0.2, 0.25) is 38.5 Å². The van der Waals surface area contributed by atoms with Crippen LogP contribution in [0.15, 0.2) is 0 Å². The topological polar surface area (TPSA) is 453 Å². The van der Waals surface area contributed by atoms with Gasteiger partial charge in [-0.05, 0) is 54.4 Å². The highest BCUT2D eigenvalue weighted by molar-refractivity contribution is 5.69. The van der Waals surface area contributed by atoms with E-state index in [-0.39, 0.29) is 32.3 Å². The zero-order chi connectivity index (χ0) is 60.1. The number of esters is 1. The van der Waals surface area contributed by atoms with Gasteiger partial charge in [-0.15, -0.1) is 0 Å². The van der Waals surface area contributed by atoms with Crippen LogP contribution in [-0.2, 0) is 95.1 Å². The summed E-state index contributed by atoms with van der Waals surface area (Å²) >= 11 is 0. The molecule has 0 aliphatic carbocycles. The fourth-order valence-corrected chi connectivity index (χ4v) is 11.0. The highest BCUT2D eigenvalue weighted by Gasteiger charge is 2.58. The van der Waals surface area contributed by atoms with Crippen molar-refractivity contribution < 1.29 is 131 Å². The molecule has 82 heavy (non-hydrogen) atoms. The van der Waals surface area contributed by atoms with Crippen molar-refractivity contribution in [1.29, 1.82) is 0 Å². The maximum atomic E-state index is 12.2. The molecule has 0 aromatic carbocycles. The number of nitrogens with one attached hydrogen (secondary N) is 6. The van der Waals surface area contributed by atoms with Gasteiger partial charge in [-0.25, -0.2) is 0 Å². The molecule has 6 aliphatic heterocycles. The maximum absolute atomic E-state index is 12.2. The highest BCUT2D eigenvalue weighted by Crippen LogP contribution is 2.38. The molecule has 6 fully saturated rings. The van der Waals surface area contributed by atoms with Crippen molar-refractivity contribution in [3.8, 4) is 0 Å². The number of amides is 6. The normalized spacial score (nSPS) is 45.0. The first-order valence-corrected chi connectivity index (χ1v) is 27.0. The predicted molar refractivity (Wildman–Crippen MR) is 267 cm³/mol. The van der Waals surface area contributed by atoms with Crippen molar-refractivity contribution in [2.24, 2.45) is 0 Å². The van der Waals surface area contributed by atoms with Crippen LogP contribution >= 0.6 is 0 Å². The Morgan fingerprint density at radius 2 is 0.622 bits per heavy atom. The number of aliphatic hydroxyl groups excluding tert-OH is 7. The summed E-state index contributed by atoms with van der Waals surface area (Å²) in [7, 11) is 1.28. The van der Waals surface area contributed by atoms with Crippen LogP contribution < -0.4 is 31.9 Å². The van der Waals surface area contributed by atoms with Gasteiger partial charge in [0.1, 0.15) is 73.2 Å². The smallest absolute Gasteiger partial charge is 0.305 e. The molecule has 13 N–H and O–H groups in total. The molecular formula is C49H80N6O27. The summed E-state index contributed by atoms with van der Waals surface area (Å²) in [6.07, 6.45) is -34.8. The first kappa shape index (κ1) is 66.7. The number of hydrogen-bond acceptors (Lipinski definition) is 27. The summed E-state index contributed by atoms with van der Waals surface area (Å²) in [5.74, 6) is -0.390. The summed E-state index contributed by atoms with van der Waals surface area (Å²) in [5.41, 5.74) is 0. The molecule has 468 valence electrons. The molecule has 0 radical (unpaired) electrons. The molecular weight excluding hydrogens is 1100 g/mol. The Balaban J connectivity index is 1.34. The molecule has 6 rings (SSSR count). The summed E-state index contributed by atoms with van der Waals surface area (Å²) in [6.45, 7) is 8.85. The molecule has 30 atom stereocenters. The molecule has 6 heterocycles. The number of rotatable bonds is 29. The van der Waals surface area contributed by atoms with Gasteiger partial charge in [0, 0.05) is 13.0 Å². The molecule has 0 unspecified atom stereocenters. The van der Waals surface area contributed by atoms with Crippen LogP contribution in [0, 0.1) is 0 Å². The lowest BCUT2D eigenvalue weighted by atomic mass is 9.93. The zero-order valence-corrected chi connectivity index (χ0v) is 46.1. The van der Waals surface area contributed by atoms with Gasteiger partial charge < -0.3 is 129 Å². The highest BCUT2D eigenvalue weighted by atomic mass is 16.8. The van der Waals surface area contributed by atoms with Gasteiger partial charge in [0.15, 0.2) is 37.7 Å². The van der Waals surface area contributed by atoms with Crippen LogP contribution in [0.4, 0.5) is 0 Å². The minimum atomic E-state index is -1.91. The molecule has 33 nitrogen and oxygen atoms in total. The summed E-state index contributed by atoms with van der Waals surface area (Å²) in [6, 6.07) is -7.26. The van der Waals surface area contributed by atoms with Crippen molar-refractivity contribution >= 4 is 44.4 Å². The Morgan fingerprint density at radius 3 is 0.915 bits per heavy atom. The van der Waals surface area contributed by atoms with Gasteiger partial charge in [-0.1, -0.05) is 6.42 Å². The van der Waals surface area contributed by atoms with E-state index in [4.69, 9.17) is 61.6 Å². The summed E-state index contributed by atoms with van der Waals surface area (Å²) in [5, 5.41) is 97.0. The lowest BCUT2D eigenvalue weighted by Crippen LogP contribution is -2.70. The van der Waals surface area contributed by atoms with E-state index in [0.29, 0.717) is 38.5 Å². The monoisotopic (exact) mass is 1180 g/mol. The minimum absolute atomic E-state index is 0.0296. The Labute approximate surface area is 471 Å².